The van der Waals surface area contributed by atoms with Crippen molar-refractivity contribution in [2.24, 2.45) is 0 Å². The average Bonchev–Trinajstić information content (AvgIpc) is 2.03. The summed E-state index contributed by atoms with van der Waals surface area (Å²) < 4.78 is 13.1. The van der Waals surface area contributed by atoms with Crippen molar-refractivity contribution in [1.82, 2.24) is 0 Å². The van der Waals surface area contributed by atoms with Crippen molar-refractivity contribution in [1.29, 1.82) is 0 Å². The molecule has 1 aromatic rings. The van der Waals surface area contributed by atoms with Gasteiger partial charge < -0.3 is 5.11 Å². The number of hydrogen-bond acceptors (Lipinski definition) is 2. The van der Waals surface area contributed by atoms with Gasteiger partial charge in [0.05, 0.1) is 6.10 Å². The monoisotopic (exact) mass is 186 g/mol. The number of halogens is 1. The van der Waals surface area contributed by atoms with Gasteiger partial charge in [-0.1, -0.05) is 12.1 Å². The van der Waals surface area contributed by atoms with E-state index < -0.39 is 6.10 Å². The second-order valence-electron chi connectivity index (χ2n) is 2.54. The molecular formula is C9H11FOS. The van der Waals surface area contributed by atoms with Gasteiger partial charge in [0.25, 0.3) is 0 Å². The van der Waals surface area contributed by atoms with Crippen molar-refractivity contribution in [3.8, 4) is 0 Å². The van der Waals surface area contributed by atoms with Crippen molar-refractivity contribution in [3.05, 3.63) is 29.6 Å². The SMILES string of the molecule is CSc1c(F)cccc1C(C)O. The lowest BCUT2D eigenvalue weighted by Crippen LogP contribution is -1.95. The van der Waals surface area contributed by atoms with Gasteiger partial charge >= 0.3 is 0 Å². The van der Waals surface area contributed by atoms with Crippen LogP contribution in [0.25, 0.3) is 0 Å². The molecule has 0 aliphatic carbocycles. The fraction of sp³-hybridized carbons (Fsp3) is 0.333. The molecule has 0 aromatic heterocycles. The molecule has 1 unspecified atom stereocenters. The van der Waals surface area contributed by atoms with Crippen LogP contribution in [0, 0.1) is 5.82 Å². The molecule has 0 amide bonds. The van der Waals surface area contributed by atoms with Crippen LogP contribution in [0.5, 0.6) is 0 Å². The maximum absolute atomic E-state index is 13.1. The Hall–Kier alpha value is -0.540. The van der Waals surface area contributed by atoms with E-state index in [-0.39, 0.29) is 5.82 Å². The summed E-state index contributed by atoms with van der Waals surface area (Å²) in [5, 5.41) is 9.28. The summed E-state index contributed by atoms with van der Waals surface area (Å²) in [6.07, 6.45) is 1.19. The first-order valence-electron chi connectivity index (χ1n) is 3.67. The minimum atomic E-state index is -0.608. The van der Waals surface area contributed by atoms with Crippen LogP contribution in [0.1, 0.15) is 18.6 Å². The summed E-state index contributed by atoms with van der Waals surface area (Å²) in [4.78, 5) is 0.535. The highest BCUT2D eigenvalue weighted by Crippen LogP contribution is 2.27. The minimum absolute atomic E-state index is 0.263. The number of aliphatic hydroxyl groups is 1. The van der Waals surface area contributed by atoms with Crippen LogP contribution in [0.2, 0.25) is 0 Å². The zero-order chi connectivity index (χ0) is 9.14. The Morgan fingerprint density at radius 1 is 1.50 bits per heavy atom. The molecule has 0 fully saturated rings. The third-order valence-electron chi connectivity index (χ3n) is 1.65. The van der Waals surface area contributed by atoms with Crippen LogP contribution in [0.4, 0.5) is 4.39 Å². The molecular weight excluding hydrogens is 175 g/mol. The van der Waals surface area contributed by atoms with Gasteiger partial charge in [0.15, 0.2) is 0 Å². The number of thioether (sulfide) groups is 1. The predicted octanol–water partition coefficient (Wildman–Crippen LogP) is 2.60. The Balaban J connectivity index is 3.18. The van der Waals surface area contributed by atoms with E-state index in [1.807, 2.05) is 0 Å². The molecule has 0 radical (unpaired) electrons. The number of benzene rings is 1. The predicted molar refractivity (Wildman–Crippen MR) is 48.8 cm³/mol. The second kappa shape index (κ2) is 3.92. The molecule has 12 heavy (non-hydrogen) atoms. The first-order chi connectivity index (χ1) is 5.66. The fourth-order valence-corrected chi connectivity index (χ4v) is 1.81. The van der Waals surface area contributed by atoms with Crippen molar-refractivity contribution in [3.63, 3.8) is 0 Å². The van der Waals surface area contributed by atoms with Gasteiger partial charge in [-0.3, -0.25) is 0 Å². The summed E-state index contributed by atoms with van der Waals surface area (Å²) in [6.45, 7) is 1.63. The smallest absolute Gasteiger partial charge is 0.137 e. The molecule has 0 spiro atoms. The van der Waals surface area contributed by atoms with E-state index >= 15 is 0 Å². The Kier molecular flexibility index (Phi) is 3.12. The van der Waals surface area contributed by atoms with E-state index in [1.54, 1.807) is 25.3 Å². The zero-order valence-corrected chi connectivity index (χ0v) is 7.86. The van der Waals surface area contributed by atoms with Crippen molar-refractivity contribution in [2.75, 3.05) is 6.26 Å². The van der Waals surface area contributed by atoms with Gasteiger partial charge in [0.2, 0.25) is 0 Å². The molecule has 0 heterocycles. The van der Waals surface area contributed by atoms with E-state index in [0.717, 1.165) is 0 Å². The topological polar surface area (TPSA) is 20.2 Å². The van der Waals surface area contributed by atoms with Crippen LogP contribution in [-0.2, 0) is 0 Å². The van der Waals surface area contributed by atoms with Gasteiger partial charge in [0, 0.05) is 4.90 Å². The molecule has 3 heteroatoms. The lowest BCUT2D eigenvalue weighted by Gasteiger charge is -2.09. The molecule has 0 aliphatic heterocycles. The lowest BCUT2D eigenvalue weighted by atomic mass is 10.1. The zero-order valence-electron chi connectivity index (χ0n) is 7.04. The third-order valence-corrected chi connectivity index (χ3v) is 2.49. The quantitative estimate of drug-likeness (QED) is 0.716. The summed E-state index contributed by atoms with van der Waals surface area (Å²) in [5.74, 6) is -0.263. The Labute approximate surface area is 75.6 Å². The summed E-state index contributed by atoms with van der Waals surface area (Å²) in [6, 6.07) is 4.74. The number of aliphatic hydroxyl groups excluding tert-OH is 1. The first-order valence-corrected chi connectivity index (χ1v) is 4.89. The third kappa shape index (κ3) is 1.79. The highest BCUT2D eigenvalue weighted by molar-refractivity contribution is 7.98. The van der Waals surface area contributed by atoms with E-state index in [0.29, 0.717) is 10.5 Å². The highest BCUT2D eigenvalue weighted by atomic mass is 32.2. The maximum atomic E-state index is 13.1. The minimum Gasteiger partial charge on any atom is -0.389 e. The molecule has 0 bridgehead atoms. The molecule has 0 saturated heterocycles. The Morgan fingerprint density at radius 2 is 2.17 bits per heavy atom. The second-order valence-corrected chi connectivity index (χ2v) is 3.35. The van der Waals surface area contributed by atoms with Gasteiger partial charge in [-0.05, 0) is 24.8 Å². The lowest BCUT2D eigenvalue weighted by molar-refractivity contribution is 0.195. The summed E-state index contributed by atoms with van der Waals surface area (Å²) >= 11 is 1.32. The van der Waals surface area contributed by atoms with Crippen molar-refractivity contribution in [2.45, 2.75) is 17.9 Å². The van der Waals surface area contributed by atoms with Crippen molar-refractivity contribution < 1.29 is 9.50 Å². The Bertz CT molecular complexity index is 273. The van der Waals surface area contributed by atoms with Gasteiger partial charge in [0.1, 0.15) is 5.82 Å². The van der Waals surface area contributed by atoms with Crippen LogP contribution in [0.15, 0.2) is 23.1 Å². The largest absolute Gasteiger partial charge is 0.389 e. The van der Waals surface area contributed by atoms with Crippen LogP contribution in [0.3, 0.4) is 0 Å². The van der Waals surface area contributed by atoms with E-state index in [9.17, 15) is 9.50 Å². The molecule has 1 aromatic carbocycles. The fourth-order valence-electron chi connectivity index (χ4n) is 1.07. The summed E-state index contributed by atoms with van der Waals surface area (Å²) in [7, 11) is 0. The van der Waals surface area contributed by atoms with E-state index in [4.69, 9.17) is 0 Å². The molecule has 1 nitrogen and oxygen atoms in total. The molecule has 0 saturated carbocycles. The molecule has 1 atom stereocenters. The van der Waals surface area contributed by atoms with Gasteiger partial charge in [-0.15, -0.1) is 11.8 Å². The Morgan fingerprint density at radius 3 is 2.58 bits per heavy atom. The number of rotatable bonds is 2. The average molecular weight is 186 g/mol. The summed E-state index contributed by atoms with van der Waals surface area (Å²) in [5.41, 5.74) is 0.655. The van der Waals surface area contributed by atoms with E-state index in [1.165, 1.54) is 17.8 Å². The standard InChI is InChI=1S/C9H11FOS/c1-6(11)7-4-3-5-8(10)9(7)12-2/h3-6,11H,1-2H3. The van der Waals surface area contributed by atoms with Gasteiger partial charge in [-0.25, -0.2) is 4.39 Å². The molecule has 66 valence electrons. The maximum Gasteiger partial charge on any atom is 0.137 e. The van der Waals surface area contributed by atoms with E-state index in [2.05, 4.69) is 0 Å². The first kappa shape index (κ1) is 9.55. The molecule has 0 aliphatic rings. The highest BCUT2D eigenvalue weighted by Gasteiger charge is 2.10. The van der Waals surface area contributed by atoms with Crippen molar-refractivity contribution >= 4 is 11.8 Å². The normalized spacial score (nSPS) is 13.0. The van der Waals surface area contributed by atoms with Crippen LogP contribution < -0.4 is 0 Å². The van der Waals surface area contributed by atoms with Crippen LogP contribution in [-0.4, -0.2) is 11.4 Å². The molecule has 1 rings (SSSR count). The molecule has 1 N–H and O–H groups in total. The van der Waals surface area contributed by atoms with Crippen LogP contribution >= 0.6 is 11.8 Å². The van der Waals surface area contributed by atoms with Gasteiger partial charge in [-0.2, -0.15) is 0 Å². The number of hydrogen-bond donors (Lipinski definition) is 1.